The van der Waals surface area contributed by atoms with Crippen molar-refractivity contribution in [1.29, 1.82) is 0 Å². The largest absolute Gasteiger partial charge is 0.497 e. The number of ether oxygens (including phenoxy) is 1. The molecule has 1 aromatic heterocycles. The molecule has 5 nitrogen and oxygen atoms in total. The van der Waals surface area contributed by atoms with Gasteiger partial charge in [-0.3, -0.25) is 0 Å². The fourth-order valence-electron chi connectivity index (χ4n) is 3.00. The first-order valence-electron chi connectivity index (χ1n) is 8.40. The molecule has 0 spiro atoms. The van der Waals surface area contributed by atoms with E-state index in [-0.39, 0.29) is 0 Å². The lowest BCUT2D eigenvalue weighted by atomic mass is 10.1. The topological polar surface area (TPSA) is 51.4 Å². The molecule has 0 saturated carbocycles. The average molecular weight is 345 g/mol. The van der Waals surface area contributed by atoms with Crippen LogP contribution in [0.25, 0.3) is 22.2 Å². The SMILES string of the molecule is COc1ccc(-c2nnc(CN(C)c3cccc4ccccc34)o2)cc1. The number of benzene rings is 3. The van der Waals surface area contributed by atoms with E-state index in [0.29, 0.717) is 18.3 Å². The Morgan fingerprint density at radius 1 is 0.923 bits per heavy atom. The van der Waals surface area contributed by atoms with E-state index in [9.17, 15) is 0 Å². The van der Waals surface area contributed by atoms with Crippen LogP contribution in [-0.4, -0.2) is 24.4 Å². The Labute approximate surface area is 151 Å². The first kappa shape index (κ1) is 16.1. The van der Waals surface area contributed by atoms with E-state index in [0.717, 1.165) is 17.0 Å². The van der Waals surface area contributed by atoms with Gasteiger partial charge in [-0.05, 0) is 35.7 Å². The monoisotopic (exact) mass is 345 g/mol. The molecule has 0 amide bonds. The molecule has 4 rings (SSSR count). The van der Waals surface area contributed by atoms with Gasteiger partial charge in [0.05, 0.1) is 13.7 Å². The summed E-state index contributed by atoms with van der Waals surface area (Å²) in [5.74, 6) is 1.88. The van der Waals surface area contributed by atoms with Gasteiger partial charge in [0.1, 0.15) is 5.75 Å². The van der Waals surface area contributed by atoms with Gasteiger partial charge < -0.3 is 14.1 Å². The van der Waals surface area contributed by atoms with Crippen molar-refractivity contribution >= 4 is 16.5 Å². The van der Waals surface area contributed by atoms with Crippen LogP contribution in [0.2, 0.25) is 0 Å². The summed E-state index contributed by atoms with van der Waals surface area (Å²) in [5, 5.41) is 10.8. The quantitative estimate of drug-likeness (QED) is 0.532. The molecule has 0 saturated heterocycles. The molecule has 0 aliphatic carbocycles. The summed E-state index contributed by atoms with van der Waals surface area (Å²) in [6, 6.07) is 22.2. The number of hydrogen-bond acceptors (Lipinski definition) is 5. The van der Waals surface area contributed by atoms with E-state index in [1.165, 1.54) is 10.8 Å². The van der Waals surface area contributed by atoms with Crippen molar-refractivity contribution in [3.05, 3.63) is 72.6 Å². The van der Waals surface area contributed by atoms with Gasteiger partial charge >= 0.3 is 0 Å². The zero-order chi connectivity index (χ0) is 17.9. The maximum absolute atomic E-state index is 5.84. The first-order chi connectivity index (χ1) is 12.7. The molecular weight excluding hydrogens is 326 g/mol. The Morgan fingerprint density at radius 3 is 2.50 bits per heavy atom. The van der Waals surface area contributed by atoms with Crippen LogP contribution in [0.4, 0.5) is 5.69 Å². The lowest BCUT2D eigenvalue weighted by Gasteiger charge is -2.19. The van der Waals surface area contributed by atoms with E-state index in [4.69, 9.17) is 9.15 Å². The Balaban J connectivity index is 1.56. The fraction of sp³-hybridized carbons (Fsp3) is 0.143. The molecule has 4 aromatic rings. The molecule has 26 heavy (non-hydrogen) atoms. The lowest BCUT2D eigenvalue weighted by Crippen LogP contribution is -2.16. The van der Waals surface area contributed by atoms with E-state index < -0.39 is 0 Å². The standard InChI is InChI=1S/C21H19N3O2/c1-24(19-9-5-7-15-6-3-4-8-18(15)19)14-20-22-23-21(26-20)16-10-12-17(25-2)13-11-16/h3-13H,14H2,1-2H3. The number of aromatic nitrogens is 2. The minimum absolute atomic E-state index is 0.508. The number of nitrogens with zero attached hydrogens (tertiary/aromatic N) is 3. The zero-order valence-electron chi connectivity index (χ0n) is 14.7. The summed E-state index contributed by atoms with van der Waals surface area (Å²) >= 11 is 0. The third kappa shape index (κ3) is 3.11. The number of methoxy groups -OCH3 is 1. The predicted molar refractivity (Wildman–Crippen MR) is 102 cm³/mol. The van der Waals surface area contributed by atoms with Crippen molar-refractivity contribution in [3.8, 4) is 17.2 Å². The molecule has 0 unspecified atom stereocenters. The molecule has 0 radical (unpaired) electrons. The Morgan fingerprint density at radius 2 is 1.69 bits per heavy atom. The number of hydrogen-bond donors (Lipinski definition) is 0. The molecule has 0 N–H and O–H groups in total. The van der Waals surface area contributed by atoms with Gasteiger partial charge in [-0.1, -0.05) is 36.4 Å². The van der Waals surface area contributed by atoms with Crippen molar-refractivity contribution in [2.24, 2.45) is 0 Å². The Kier molecular flexibility index (Phi) is 4.27. The maximum atomic E-state index is 5.84. The molecular formula is C21H19N3O2. The van der Waals surface area contributed by atoms with Crippen LogP contribution in [0.5, 0.6) is 5.75 Å². The summed E-state index contributed by atoms with van der Waals surface area (Å²) in [6.07, 6.45) is 0. The molecule has 0 atom stereocenters. The second-order valence-corrected chi connectivity index (χ2v) is 6.08. The molecule has 0 bridgehead atoms. The summed E-state index contributed by atoms with van der Waals surface area (Å²) in [5.41, 5.74) is 2.00. The van der Waals surface area contributed by atoms with Crippen LogP contribution < -0.4 is 9.64 Å². The van der Waals surface area contributed by atoms with Crippen molar-refractivity contribution in [1.82, 2.24) is 10.2 Å². The van der Waals surface area contributed by atoms with Crippen LogP contribution in [0.3, 0.4) is 0 Å². The van der Waals surface area contributed by atoms with Gasteiger partial charge in [-0.15, -0.1) is 10.2 Å². The van der Waals surface area contributed by atoms with Crippen LogP contribution >= 0.6 is 0 Å². The van der Waals surface area contributed by atoms with Crippen molar-refractivity contribution < 1.29 is 9.15 Å². The van der Waals surface area contributed by atoms with Crippen molar-refractivity contribution in [3.63, 3.8) is 0 Å². The second-order valence-electron chi connectivity index (χ2n) is 6.08. The van der Waals surface area contributed by atoms with Gasteiger partial charge in [-0.25, -0.2) is 0 Å². The van der Waals surface area contributed by atoms with E-state index in [2.05, 4.69) is 45.4 Å². The number of rotatable bonds is 5. The van der Waals surface area contributed by atoms with Gasteiger partial charge in [0.25, 0.3) is 0 Å². The van der Waals surface area contributed by atoms with Crippen LogP contribution in [-0.2, 0) is 6.54 Å². The molecule has 0 fully saturated rings. The molecule has 1 heterocycles. The average Bonchev–Trinajstić information content (AvgIpc) is 3.16. The Bertz CT molecular complexity index is 1020. The Hall–Kier alpha value is -3.34. The van der Waals surface area contributed by atoms with Crippen molar-refractivity contribution in [2.75, 3.05) is 19.1 Å². The molecule has 3 aromatic carbocycles. The van der Waals surface area contributed by atoms with E-state index in [1.54, 1.807) is 7.11 Å². The van der Waals surface area contributed by atoms with Crippen LogP contribution in [0.15, 0.2) is 71.1 Å². The summed E-state index contributed by atoms with van der Waals surface area (Å²) < 4.78 is 11.0. The number of fused-ring (bicyclic) bond motifs is 1. The highest BCUT2D eigenvalue weighted by molar-refractivity contribution is 5.94. The lowest BCUT2D eigenvalue weighted by molar-refractivity contribution is 0.415. The summed E-state index contributed by atoms with van der Waals surface area (Å²) in [7, 11) is 3.67. The molecule has 0 aliphatic rings. The van der Waals surface area contributed by atoms with Gasteiger partial charge in [0.2, 0.25) is 11.8 Å². The van der Waals surface area contributed by atoms with Crippen LogP contribution in [0, 0.1) is 0 Å². The third-order valence-corrected chi connectivity index (χ3v) is 4.35. The zero-order valence-corrected chi connectivity index (χ0v) is 14.7. The van der Waals surface area contributed by atoms with Crippen LogP contribution in [0.1, 0.15) is 5.89 Å². The van der Waals surface area contributed by atoms with E-state index in [1.807, 2.05) is 43.4 Å². The van der Waals surface area contributed by atoms with E-state index >= 15 is 0 Å². The normalized spacial score (nSPS) is 10.8. The number of anilines is 1. The van der Waals surface area contributed by atoms with Gasteiger partial charge in [0.15, 0.2) is 0 Å². The fourth-order valence-corrected chi connectivity index (χ4v) is 3.00. The molecule has 5 heteroatoms. The van der Waals surface area contributed by atoms with Gasteiger partial charge in [0, 0.05) is 23.7 Å². The minimum Gasteiger partial charge on any atom is -0.497 e. The highest BCUT2D eigenvalue weighted by Crippen LogP contribution is 2.27. The third-order valence-electron chi connectivity index (χ3n) is 4.35. The highest BCUT2D eigenvalue weighted by Gasteiger charge is 2.12. The van der Waals surface area contributed by atoms with Crippen molar-refractivity contribution in [2.45, 2.75) is 6.54 Å². The predicted octanol–water partition coefficient (Wildman–Crippen LogP) is 4.53. The molecule has 0 aliphatic heterocycles. The summed E-state index contributed by atoms with van der Waals surface area (Å²) in [6.45, 7) is 0.539. The highest BCUT2D eigenvalue weighted by atomic mass is 16.5. The summed E-state index contributed by atoms with van der Waals surface area (Å²) in [4.78, 5) is 2.12. The first-order valence-corrected chi connectivity index (χ1v) is 8.40. The second kappa shape index (κ2) is 6.88. The smallest absolute Gasteiger partial charge is 0.247 e. The maximum Gasteiger partial charge on any atom is 0.247 e. The van der Waals surface area contributed by atoms with Gasteiger partial charge in [-0.2, -0.15) is 0 Å². The molecule has 130 valence electrons. The minimum atomic E-state index is 0.508.